The minimum atomic E-state index is 0.140. The molecule has 2 aromatic rings. The van der Waals surface area contributed by atoms with Gasteiger partial charge in [0.15, 0.2) is 0 Å². The Hall–Kier alpha value is -2.33. The van der Waals surface area contributed by atoms with E-state index < -0.39 is 0 Å². The summed E-state index contributed by atoms with van der Waals surface area (Å²) in [7, 11) is 1.95. The normalized spacial score (nSPS) is 19.5. The Labute approximate surface area is 149 Å². The minimum Gasteiger partial charge on any atom is -0.384 e. The van der Waals surface area contributed by atoms with E-state index in [1.807, 2.05) is 24.1 Å². The van der Waals surface area contributed by atoms with Gasteiger partial charge in [-0.1, -0.05) is 30.3 Å². The van der Waals surface area contributed by atoms with Crippen molar-refractivity contribution in [2.24, 2.45) is 0 Å². The number of nitrogens with zero attached hydrogens (tertiary/aromatic N) is 2. The molecular formula is C21H25N3O. The number of likely N-dealkylation sites (tertiary alicyclic amines) is 1. The van der Waals surface area contributed by atoms with Gasteiger partial charge in [-0.3, -0.25) is 9.69 Å². The molecule has 0 saturated carbocycles. The Kier molecular flexibility index (Phi) is 4.45. The van der Waals surface area contributed by atoms with Crippen LogP contribution < -0.4 is 5.32 Å². The lowest BCUT2D eigenvalue weighted by Crippen LogP contribution is -2.39. The number of carbonyl (C=O) groups is 1. The summed E-state index contributed by atoms with van der Waals surface area (Å²) in [6.07, 6.45) is 2.05. The molecule has 0 aliphatic carbocycles. The number of nitrogens with one attached hydrogen (secondary N) is 1. The molecule has 2 aromatic carbocycles. The summed E-state index contributed by atoms with van der Waals surface area (Å²) in [4.78, 5) is 17.3. The monoisotopic (exact) mass is 335 g/mol. The van der Waals surface area contributed by atoms with Crippen LogP contribution in [-0.4, -0.2) is 48.4 Å². The molecule has 0 spiro atoms. The third-order valence-corrected chi connectivity index (χ3v) is 5.43. The van der Waals surface area contributed by atoms with Crippen LogP contribution in [0.5, 0.6) is 0 Å². The fraction of sp³-hybridized carbons (Fsp3) is 0.381. The van der Waals surface area contributed by atoms with E-state index in [1.165, 1.54) is 16.8 Å². The molecular weight excluding hydrogens is 310 g/mol. The molecule has 1 fully saturated rings. The molecule has 0 bridgehead atoms. The first-order valence-electron chi connectivity index (χ1n) is 9.11. The van der Waals surface area contributed by atoms with Gasteiger partial charge in [0.25, 0.3) is 5.91 Å². The zero-order valence-electron chi connectivity index (χ0n) is 14.7. The molecule has 1 amide bonds. The van der Waals surface area contributed by atoms with Crippen LogP contribution in [0.1, 0.15) is 27.9 Å². The first kappa shape index (κ1) is 16.2. The lowest BCUT2D eigenvalue weighted by molar-refractivity contribution is 0.0735. The highest BCUT2D eigenvalue weighted by Gasteiger charge is 2.29. The average molecular weight is 335 g/mol. The number of hydrogen-bond donors (Lipinski definition) is 1. The molecule has 130 valence electrons. The second-order valence-corrected chi connectivity index (χ2v) is 7.13. The molecule has 4 rings (SSSR count). The largest absolute Gasteiger partial charge is 0.384 e. The van der Waals surface area contributed by atoms with Gasteiger partial charge in [-0.2, -0.15) is 0 Å². The van der Waals surface area contributed by atoms with Crippen molar-refractivity contribution in [3.8, 4) is 0 Å². The Balaban J connectivity index is 1.39. The number of rotatable bonds is 4. The molecule has 0 radical (unpaired) electrons. The first-order chi connectivity index (χ1) is 12.2. The fourth-order valence-electron chi connectivity index (χ4n) is 3.92. The van der Waals surface area contributed by atoms with Crippen molar-refractivity contribution in [2.75, 3.05) is 32.0 Å². The second kappa shape index (κ2) is 6.89. The van der Waals surface area contributed by atoms with Crippen LogP contribution >= 0.6 is 0 Å². The van der Waals surface area contributed by atoms with Crippen LogP contribution in [0.3, 0.4) is 0 Å². The van der Waals surface area contributed by atoms with Crippen molar-refractivity contribution in [3.05, 3.63) is 65.2 Å². The smallest absolute Gasteiger partial charge is 0.253 e. The van der Waals surface area contributed by atoms with E-state index in [-0.39, 0.29) is 5.91 Å². The van der Waals surface area contributed by atoms with Crippen molar-refractivity contribution < 1.29 is 4.79 Å². The van der Waals surface area contributed by atoms with Gasteiger partial charge in [0.1, 0.15) is 0 Å². The van der Waals surface area contributed by atoms with E-state index in [9.17, 15) is 4.79 Å². The van der Waals surface area contributed by atoms with E-state index in [1.54, 1.807) is 0 Å². The number of benzene rings is 2. The molecule has 1 N–H and O–H groups in total. The van der Waals surface area contributed by atoms with Crippen molar-refractivity contribution in [3.63, 3.8) is 0 Å². The zero-order chi connectivity index (χ0) is 17.2. The van der Waals surface area contributed by atoms with Crippen molar-refractivity contribution >= 4 is 11.6 Å². The maximum Gasteiger partial charge on any atom is 0.253 e. The highest BCUT2D eigenvalue weighted by atomic mass is 16.2. The number of likely N-dealkylation sites (N-methyl/N-ethyl adjacent to an activating group) is 1. The molecule has 1 unspecified atom stereocenters. The van der Waals surface area contributed by atoms with Gasteiger partial charge >= 0.3 is 0 Å². The van der Waals surface area contributed by atoms with E-state index in [2.05, 4.69) is 46.6 Å². The summed E-state index contributed by atoms with van der Waals surface area (Å²) in [6.45, 7) is 3.93. The predicted octanol–water partition coefficient (Wildman–Crippen LogP) is 3.00. The van der Waals surface area contributed by atoms with Crippen LogP contribution in [0, 0.1) is 0 Å². The quantitative estimate of drug-likeness (QED) is 0.933. The zero-order valence-corrected chi connectivity index (χ0v) is 14.7. The molecule has 1 saturated heterocycles. The molecule has 0 aromatic heterocycles. The van der Waals surface area contributed by atoms with E-state index in [0.29, 0.717) is 6.04 Å². The summed E-state index contributed by atoms with van der Waals surface area (Å²) in [6, 6.07) is 16.9. The van der Waals surface area contributed by atoms with Gasteiger partial charge in [0.05, 0.1) is 0 Å². The minimum absolute atomic E-state index is 0.140. The summed E-state index contributed by atoms with van der Waals surface area (Å²) >= 11 is 0. The van der Waals surface area contributed by atoms with Gasteiger partial charge in [-0.15, -0.1) is 0 Å². The second-order valence-electron chi connectivity index (χ2n) is 7.13. The van der Waals surface area contributed by atoms with E-state index >= 15 is 0 Å². The van der Waals surface area contributed by atoms with Crippen molar-refractivity contribution in [1.82, 2.24) is 9.80 Å². The number of hydrogen-bond acceptors (Lipinski definition) is 3. The van der Waals surface area contributed by atoms with Gasteiger partial charge in [-0.05, 0) is 42.2 Å². The number of fused-ring (bicyclic) bond motifs is 1. The van der Waals surface area contributed by atoms with Crippen molar-refractivity contribution in [1.29, 1.82) is 0 Å². The molecule has 4 nitrogen and oxygen atoms in total. The molecule has 2 heterocycles. The first-order valence-corrected chi connectivity index (χ1v) is 9.11. The van der Waals surface area contributed by atoms with Crippen LogP contribution in [-0.2, 0) is 13.0 Å². The molecule has 25 heavy (non-hydrogen) atoms. The summed E-state index contributed by atoms with van der Waals surface area (Å²) in [5.41, 5.74) is 4.58. The maximum atomic E-state index is 12.9. The molecule has 1 atom stereocenters. The third-order valence-electron chi connectivity index (χ3n) is 5.43. The van der Waals surface area contributed by atoms with Gasteiger partial charge in [-0.25, -0.2) is 0 Å². The van der Waals surface area contributed by atoms with Crippen LogP contribution in [0.2, 0.25) is 0 Å². The Bertz CT molecular complexity index is 759. The molecule has 2 aliphatic rings. The summed E-state index contributed by atoms with van der Waals surface area (Å²) in [5.74, 6) is 0.140. The lowest BCUT2D eigenvalue weighted by atomic mass is 10.1. The average Bonchev–Trinajstić information content (AvgIpc) is 3.30. The lowest BCUT2D eigenvalue weighted by Gasteiger charge is -2.25. The SMILES string of the molecule is CN(C(=O)c1ccc2c(c1)CCN2)C1CCN(Cc2ccccc2)C1. The molecule has 4 heteroatoms. The standard InChI is InChI=1S/C21H25N3O/c1-23(21(25)18-7-8-20-17(13-18)9-11-22-20)19-10-12-24(15-19)14-16-5-3-2-4-6-16/h2-8,13,19,22H,9-12,14-15H2,1H3. The van der Waals surface area contributed by atoms with Crippen molar-refractivity contribution in [2.45, 2.75) is 25.4 Å². The number of amides is 1. The van der Waals surface area contributed by atoms with Crippen LogP contribution in [0.25, 0.3) is 0 Å². The number of anilines is 1. The van der Waals surface area contributed by atoms with Crippen LogP contribution in [0.4, 0.5) is 5.69 Å². The summed E-state index contributed by atoms with van der Waals surface area (Å²) in [5, 5.41) is 3.35. The van der Waals surface area contributed by atoms with E-state index in [4.69, 9.17) is 0 Å². The third kappa shape index (κ3) is 3.40. The predicted molar refractivity (Wildman–Crippen MR) is 101 cm³/mol. The Morgan fingerprint density at radius 1 is 1.24 bits per heavy atom. The fourth-order valence-corrected chi connectivity index (χ4v) is 3.92. The Morgan fingerprint density at radius 3 is 2.92 bits per heavy atom. The topological polar surface area (TPSA) is 35.6 Å². The highest BCUT2D eigenvalue weighted by molar-refractivity contribution is 5.95. The summed E-state index contributed by atoms with van der Waals surface area (Å²) < 4.78 is 0. The van der Waals surface area contributed by atoms with Crippen LogP contribution in [0.15, 0.2) is 48.5 Å². The van der Waals surface area contributed by atoms with Gasteiger partial charge in [0.2, 0.25) is 0 Å². The maximum absolute atomic E-state index is 12.9. The van der Waals surface area contributed by atoms with Gasteiger partial charge in [0, 0.05) is 50.5 Å². The van der Waals surface area contributed by atoms with Gasteiger partial charge < -0.3 is 10.2 Å². The highest BCUT2D eigenvalue weighted by Crippen LogP contribution is 2.25. The Morgan fingerprint density at radius 2 is 2.08 bits per heavy atom. The van der Waals surface area contributed by atoms with E-state index in [0.717, 1.165) is 44.6 Å². The number of carbonyl (C=O) groups excluding carboxylic acids is 1. The molecule has 2 aliphatic heterocycles.